The van der Waals surface area contributed by atoms with E-state index in [4.69, 9.17) is 11.6 Å². The molecule has 1 aliphatic rings. The Balaban J connectivity index is 1.78. The number of benzene rings is 1. The molecule has 5 nitrogen and oxygen atoms in total. The summed E-state index contributed by atoms with van der Waals surface area (Å²) in [6.45, 7) is 6.33. The number of hydrogen-bond donors (Lipinski definition) is 0. The summed E-state index contributed by atoms with van der Waals surface area (Å²) in [5, 5.41) is 1.49. The van der Waals surface area contributed by atoms with Crippen LogP contribution in [-0.2, 0) is 11.3 Å². The standard InChI is InChI=1S/C21H26ClN3O2S/c1-4-11-25-20(27)17-12-15(22)7-10-18(17)23-21(25)28-13-19(26)24(3)16-8-5-14(2)6-9-16/h4,7,10,12,14,16H,1,5-6,8-9,11,13H2,2-3H3. The molecule has 1 aromatic heterocycles. The lowest BCUT2D eigenvalue weighted by atomic mass is 9.87. The molecule has 0 unspecified atom stereocenters. The number of halogens is 1. The quantitative estimate of drug-likeness (QED) is 0.396. The number of carbonyl (C=O) groups excluding carboxylic acids is 1. The highest BCUT2D eigenvalue weighted by molar-refractivity contribution is 7.99. The van der Waals surface area contributed by atoms with Gasteiger partial charge >= 0.3 is 0 Å². The Hall–Kier alpha value is -1.79. The topological polar surface area (TPSA) is 55.2 Å². The number of nitrogens with zero attached hydrogens (tertiary/aromatic N) is 3. The number of rotatable bonds is 6. The number of allylic oxidation sites excluding steroid dienone is 1. The van der Waals surface area contributed by atoms with Crippen LogP contribution >= 0.6 is 23.4 Å². The summed E-state index contributed by atoms with van der Waals surface area (Å²) >= 11 is 7.33. The predicted molar refractivity (Wildman–Crippen MR) is 116 cm³/mol. The molecule has 1 saturated carbocycles. The molecule has 3 rings (SSSR count). The summed E-state index contributed by atoms with van der Waals surface area (Å²) in [6.07, 6.45) is 6.11. The van der Waals surface area contributed by atoms with Gasteiger partial charge in [0, 0.05) is 24.7 Å². The molecule has 0 saturated heterocycles. The Bertz CT molecular complexity index is 935. The van der Waals surface area contributed by atoms with Crippen LogP contribution in [0.5, 0.6) is 0 Å². The Morgan fingerprint density at radius 3 is 2.79 bits per heavy atom. The fraction of sp³-hybridized carbons (Fsp3) is 0.476. The molecule has 0 spiro atoms. The Morgan fingerprint density at radius 2 is 2.11 bits per heavy atom. The van der Waals surface area contributed by atoms with Crippen molar-refractivity contribution < 1.29 is 4.79 Å². The Labute approximate surface area is 174 Å². The molecule has 0 atom stereocenters. The molecule has 1 fully saturated rings. The molecule has 0 bridgehead atoms. The van der Waals surface area contributed by atoms with Gasteiger partial charge < -0.3 is 4.90 Å². The third-order valence-electron chi connectivity index (χ3n) is 5.44. The minimum absolute atomic E-state index is 0.0696. The van der Waals surface area contributed by atoms with E-state index in [0.29, 0.717) is 33.7 Å². The van der Waals surface area contributed by atoms with Crippen LogP contribution in [0.25, 0.3) is 10.9 Å². The van der Waals surface area contributed by atoms with Gasteiger partial charge in [0.15, 0.2) is 5.16 Å². The molecule has 0 N–H and O–H groups in total. The summed E-state index contributed by atoms with van der Waals surface area (Å²) in [5.41, 5.74) is 0.413. The molecule has 1 aromatic carbocycles. The molecule has 150 valence electrons. The molecule has 7 heteroatoms. The van der Waals surface area contributed by atoms with Crippen LogP contribution in [0.15, 0.2) is 40.8 Å². The Morgan fingerprint density at radius 1 is 1.39 bits per heavy atom. The van der Waals surface area contributed by atoms with Gasteiger partial charge in [-0.1, -0.05) is 36.4 Å². The highest BCUT2D eigenvalue weighted by Crippen LogP contribution is 2.27. The molecular formula is C21H26ClN3O2S. The summed E-state index contributed by atoms with van der Waals surface area (Å²) < 4.78 is 1.55. The van der Waals surface area contributed by atoms with Crippen molar-refractivity contribution in [3.63, 3.8) is 0 Å². The first-order valence-corrected chi connectivity index (χ1v) is 11.0. The van der Waals surface area contributed by atoms with Gasteiger partial charge in [-0.05, 0) is 49.8 Å². The van der Waals surface area contributed by atoms with Crippen LogP contribution in [0.4, 0.5) is 0 Å². The fourth-order valence-electron chi connectivity index (χ4n) is 3.63. The second kappa shape index (κ2) is 9.14. The third kappa shape index (κ3) is 4.61. The zero-order valence-electron chi connectivity index (χ0n) is 16.4. The molecular weight excluding hydrogens is 394 g/mol. The number of amides is 1. The van der Waals surface area contributed by atoms with E-state index in [9.17, 15) is 9.59 Å². The number of hydrogen-bond acceptors (Lipinski definition) is 4. The zero-order chi connectivity index (χ0) is 20.3. The molecule has 0 aliphatic heterocycles. The summed E-state index contributed by atoms with van der Waals surface area (Å²) in [7, 11) is 1.89. The van der Waals surface area contributed by atoms with Crippen LogP contribution in [-0.4, -0.2) is 39.2 Å². The maximum Gasteiger partial charge on any atom is 0.262 e. The van der Waals surface area contributed by atoms with Gasteiger partial charge in [-0.15, -0.1) is 6.58 Å². The van der Waals surface area contributed by atoms with E-state index in [0.717, 1.165) is 18.8 Å². The molecule has 2 aromatic rings. The van der Waals surface area contributed by atoms with E-state index < -0.39 is 0 Å². The first-order valence-electron chi connectivity index (χ1n) is 9.60. The largest absolute Gasteiger partial charge is 0.342 e. The monoisotopic (exact) mass is 419 g/mol. The highest BCUT2D eigenvalue weighted by atomic mass is 35.5. The number of thioether (sulfide) groups is 1. The maximum atomic E-state index is 12.9. The van der Waals surface area contributed by atoms with Crippen molar-refractivity contribution >= 4 is 40.2 Å². The first-order chi connectivity index (χ1) is 13.4. The van der Waals surface area contributed by atoms with Crippen molar-refractivity contribution in [1.82, 2.24) is 14.5 Å². The van der Waals surface area contributed by atoms with Gasteiger partial charge in [0.05, 0.1) is 16.7 Å². The first kappa shape index (κ1) is 20.9. The van der Waals surface area contributed by atoms with Crippen LogP contribution in [0.1, 0.15) is 32.6 Å². The molecule has 0 radical (unpaired) electrons. The van der Waals surface area contributed by atoms with Gasteiger partial charge in [-0.3, -0.25) is 14.2 Å². The summed E-state index contributed by atoms with van der Waals surface area (Å²) in [4.78, 5) is 32.0. The lowest BCUT2D eigenvalue weighted by molar-refractivity contribution is -0.129. The summed E-state index contributed by atoms with van der Waals surface area (Å²) in [5.74, 6) is 1.07. The van der Waals surface area contributed by atoms with Gasteiger partial charge in [0.2, 0.25) is 5.91 Å². The van der Waals surface area contributed by atoms with Crippen LogP contribution in [0, 0.1) is 5.92 Å². The van der Waals surface area contributed by atoms with E-state index in [-0.39, 0.29) is 17.2 Å². The van der Waals surface area contributed by atoms with E-state index in [1.807, 2.05) is 11.9 Å². The van der Waals surface area contributed by atoms with Crippen molar-refractivity contribution in [2.24, 2.45) is 5.92 Å². The van der Waals surface area contributed by atoms with Gasteiger partial charge in [0.25, 0.3) is 5.56 Å². The smallest absolute Gasteiger partial charge is 0.262 e. The molecule has 1 heterocycles. The molecule has 28 heavy (non-hydrogen) atoms. The van der Waals surface area contributed by atoms with Crippen molar-refractivity contribution in [3.05, 3.63) is 46.2 Å². The van der Waals surface area contributed by atoms with Gasteiger partial charge in [-0.2, -0.15) is 0 Å². The SMILES string of the molecule is C=CCn1c(SCC(=O)N(C)C2CCC(C)CC2)nc2ccc(Cl)cc2c1=O. The average molecular weight is 420 g/mol. The number of aromatic nitrogens is 2. The molecule has 1 amide bonds. The summed E-state index contributed by atoms with van der Waals surface area (Å²) in [6, 6.07) is 5.39. The minimum Gasteiger partial charge on any atom is -0.342 e. The lowest BCUT2D eigenvalue weighted by Gasteiger charge is -2.33. The van der Waals surface area contributed by atoms with Gasteiger partial charge in [0.1, 0.15) is 0 Å². The maximum absolute atomic E-state index is 12.9. The second-order valence-corrected chi connectivity index (χ2v) is 8.85. The average Bonchev–Trinajstić information content (AvgIpc) is 2.69. The van der Waals surface area contributed by atoms with E-state index >= 15 is 0 Å². The Kier molecular flexibility index (Phi) is 6.83. The van der Waals surface area contributed by atoms with E-state index in [1.165, 1.54) is 24.6 Å². The van der Waals surface area contributed by atoms with Crippen molar-refractivity contribution in [1.29, 1.82) is 0 Å². The van der Waals surface area contributed by atoms with Crippen LogP contribution in [0.2, 0.25) is 5.02 Å². The second-order valence-electron chi connectivity index (χ2n) is 7.47. The number of carbonyl (C=O) groups is 1. The predicted octanol–water partition coefficient (Wildman–Crippen LogP) is 4.37. The zero-order valence-corrected chi connectivity index (χ0v) is 17.9. The highest BCUT2D eigenvalue weighted by Gasteiger charge is 2.25. The van der Waals surface area contributed by atoms with Crippen LogP contribution in [0.3, 0.4) is 0 Å². The van der Waals surface area contributed by atoms with Gasteiger partial charge in [-0.25, -0.2) is 4.98 Å². The number of fused-ring (bicyclic) bond motifs is 1. The minimum atomic E-state index is -0.169. The van der Waals surface area contributed by atoms with Crippen molar-refractivity contribution in [2.75, 3.05) is 12.8 Å². The van der Waals surface area contributed by atoms with Crippen molar-refractivity contribution in [3.8, 4) is 0 Å². The van der Waals surface area contributed by atoms with E-state index in [2.05, 4.69) is 18.5 Å². The molecule has 1 aliphatic carbocycles. The fourth-order valence-corrected chi connectivity index (χ4v) is 4.74. The van der Waals surface area contributed by atoms with Crippen molar-refractivity contribution in [2.45, 2.75) is 50.4 Å². The lowest BCUT2D eigenvalue weighted by Crippen LogP contribution is -2.40. The van der Waals surface area contributed by atoms with Crippen LogP contribution < -0.4 is 5.56 Å². The third-order valence-corrected chi connectivity index (χ3v) is 6.64. The normalized spacial score (nSPS) is 19.5. The van der Waals surface area contributed by atoms with E-state index in [1.54, 1.807) is 28.8 Å².